The lowest BCUT2D eigenvalue weighted by atomic mass is 9.68. The first kappa shape index (κ1) is 11.8. The third-order valence-electron chi connectivity index (χ3n) is 5.97. The molecule has 1 nitrogen and oxygen atoms in total. The summed E-state index contributed by atoms with van der Waals surface area (Å²) >= 11 is 0. The average Bonchev–Trinajstić information content (AvgIpc) is 2.97. The molecular formula is C16H19F2N. The van der Waals surface area contributed by atoms with Gasteiger partial charge in [0.1, 0.15) is 11.6 Å². The van der Waals surface area contributed by atoms with Gasteiger partial charge in [0.2, 0.25) is 0 Å². The van der Waals surface area contributed by atoms with Crippen molar-refractivity contribution in [2.24, 2.45) is 29.4 Å². The highest BCUT2D eigenvalue weighted by Crippen LogP contribution is 2.64. The lowest BCUT2D eigenvalue weighted by molar-refractivity contribution is 0.156. The average molecular weight is 263 g/mol. The van der Waals surface area contributed by atoms with Crippen LogP contribution in [0.1, 0.15) is 37.7 Å². The molecule has 3 aliphatic carbocycles. The second-order valence-electron chi connectivity index (χ2n) is 6.76. The van der Waals surface area contributed by atoms with Gasteiger partial charge < -0.3 is 5.73 Å². The van der Waals surface area contributed by atoms with Crippen molar-refractivity contribution in [3.63, 3.8) is 0 Å². The standard InChI is InChI=1S/C16H19F2N/c17-11-5-10(6-12(18)7-11)16(19)8-9-4-15(16)14-3-1-2-13(9)14/h5-7,9,13-15H,1-4,8,19H2. The normalized spacial score (nSPS) is 43.7. The third-order valence-corrected chi connectivity index (χ3v) is 5.97. The van der Waals surface area contributed by atoms with Gasteiger partial charge >= 0.3 is 0 Å². The van der Waals surface area contributed by atoms with Gasteiger partial charge in [0.15, 0.2) is 0 Å². The minimum absolute atomic E-state index is 0.422. The fraction of sp³-hybridized carbons (Fsp3) is 0.625. The molecule has 3 fully saturated rings. The van der Waals surface area contributed by atoms with E-state index in [9.17, 15) is 8.78 Å². The van der Waals surface area contributed by atoms with E-state index in [-0.39, 0.29) is 0 Å². The molecule has 19 heavy (non-hydrogen) atoms. The lowest BCUT2D eigenvalue weighted by Gasteiger charge is -2.40. The van der Waals surface area contributed by atoms with E-state index in [4.69, 9.17) is 5.73 Å². The number of benzene rings is 1. The van der Waals surface area contributed by atoms with E-state index in [2.05, 4.69) is 0 Å². The van der Waals surface area contributed by atoms with E-state index in [1.165, 1.54) is 31.4 Å². The Morgan fingerprint density at radius 2 is 1.74 bits per heavy atom. The van der Waals surface area contributed by atoms with Crippen molar-refractivity contribution in [3.8, 4) is 0 Å². The second kappa shape index (κ2) is 3.78. The van der Waals surface area contributed by atoms with E-state index >= 15 is 0 Å². The maximum atomic E-state index is 13.5. The van der Waals surface area contributed by atoms with Crippen molar-refractivity contribution >= 4 is 0 Å². The molecular weight excluding hydrogens is 244 g/mol. The summed E-state index contributed by atoms with van der Waals surface area (Å²) in [6.45, 7) is 0. The van der Waals surface area contributed by atoms with Crippen LogP contribution in [0.4, 0.5) is 8.78 Å². The molecule has 0 aliphatic heterocycles. The number of hydrogen-bond donors (Lipinski definition) is 1. The van der Waals surface area contributed by atoms with Crippen LogP contribution in [-0.4, -0.2) is 0 Å². The van der Waals surface area contributed by atoms with E-state index in [0.29, 0.717) is 23.3 Å². The van der Waals surface area contributed by atoms with Crippen molar-refractivity contribution in [2.75, 3.05) is 0 Å². The molecule has 102 valence electrons. The summed E-state index contributed by atoms with van der Waals surface area (Å²) in [5.74, 6) is 1.60. The Labute approximate surface area is 112 Å². The van der Waals surface area contributed by atoms with Gasteiger partial charge in [-0.2, -0.15) is 0 Å². The van der Waals surface area contributed by atoms with Crippen molar-refractivity contribution in [1.82, 2.24) is 0 Å². The van der Waals surface area contributed by atoms with Gasteiger partial charge in [0.05, 0.1) is 0 Å². The summed E-state index contributed by atoms with van der Waals surface area (Å²) in [5, 5.41) is 0. The van der Waals surface area contributed by atoms with Gasteiger partial charge in [-0.3, -0.25) is 0 Å². The Morgan fingerprint density at radius 3 is 2.47 bits per heavy atom. The van der Waals surface area contributed by atoms with E-state index in [0.717, 1.165) is 24.8 Å². The predicted molar refractivity (Wildman–Crippen MR) is 69.3 cm³/mol. The summed E-state index contributed by atoms with van der Waals surface area (Å²) in [5.41, 5.74) is 6.79. The molecule has 2 N–H and O–H groups in total. The predicted octanol–water partition coefficient (Wildman–Crippen LogP) is 3.57. The summed E-state index contributed by atoms with van der Waals surface area (Å²) < 4.78 is 26.9. The summed E-state index contributed by atoms with van der Waals surface area (Å²) in [7, 11) is 0. The Bertz CT molecular complexity index is 509. The fourth-order valence-electron chi connectivity index (χ4n) is 5.34. The summed E-state index contributed by atoms with van der Waals surface area (Å²) in [4.78, 5) is 0. The molecule has 0 amide bonds. The van der Waals surface area contributed by atoms with Crippen molar-refractivity contribution in [1.29, 1.82) is 0 Å². The smallest absolute Gasteiger partial charge is 0.126 e. The Morgan fingerprint density at radius 1 is 1.05 bits per heavy atom. The first-order chi connectivity index (χ1) is 9.08. The number of rotatable bonds is 1. The van der Waals surface area contributed by atoms with Crippen LogP contribution in [0.5, 0.6) is 0 Å². The second-order valence-corrected chi connectivity index (χ2v) is 6.76. The molecule has 0 radical (unpaired) electrons. The first-order valence-electron chi connectivity index (χ1n) is 7.33. The van der Waals surface area contributed by atoms with Crippen molar-refractivity contribution in [2.45, 2.75) is 37.6 Å². The molecule has 0 aromatic heterocycles. The number of fused-ring (bicyclic) bond motifs is 5. The quantitative estimate of drug-likeness (QED) is 0.823. The maximum Gasteiger partial charge on any atom is 0.126 e. The van der Waals surface area contributed by atoms with E-state index in [1.807, 2.05) is 0 Å². The van der Waals surface area contributed by atoms with Gasteiger partial charge in [-0.25, -0.2) is 8.78 Å². The fourth-order valence-corrected chi connectivity index (χ4v) is 5.34. The van der Waals surface area contributed by atoms with Crippen LogP contribution in [0, 0.1) is 35.3 Å². The van der Waals surface area contributed by atoms with Crippen LogP contribution in [0.15, 0.2) is 18.2 Å². The van der Waals surface area contributed by atoms with Crippen molar-refractivity contribution < 1.29 is 8.78 Å². The molecule has 0 saturated heterocycles. The van der Waals surface area contributed by atoms with E-state index in [1.54, 1.807) is 0 Å². The highest BCUT2D eigenvalue weighted by molar-refractivity contribution is 5.31. The Hall–Kier alpha value is -0.960. The number of halogens is 2. The van der Waals surface area contributed by atoms with Gasteiger partial charge in [-0.05, 0) is 67.1 Å². The SMILES string of the molecule is NC1(c2cc(F)cc(F)c2)CC2CC1C1CCCC21. The van der Waals surface area contributed by atoms with Crippen molar-refractivity contribution in [3.05, 3.63) is 35.4 Å². The third kappa shape index (κ3) is 1.54. The highest BCUT2D eigenvalue weighted by atomic mass is 19.1. The minimum Gasteiger partial charge on any atom is -0.321 e. The zero-order valence-electron chi connectivity index (χ0n) is 10.9. The minimum atomic E-state index is -0.509. The Balaban J connectivity index is 1.75. The van der Waals surface area contributed by atoms with Gasteiger partial charge in [0.25, 0.3) is 0 Å². The molecule has 4 rings (SSSR count). The molecule has 0 heterocycles. The highest BCUT2D eigenvalue weighted by Gasteiger charge is 2.59. The zero-order valence-corrected chi connectivity index (χ0v) is 10.9. The van der Waals surface area contributed by atoms with Crippen LogP contribution in [0.3, 0.4) is 0 Å². The van der Waals surface area contributed by atoms with Gasteiger partial charge in [-0.15, -0.1) is 0 Å². The zero-order chi connectivity index (χ0) is 13.2. The van der Waals surface area contributed by atoms with Gasteiger partial charge in [-0.1, -0.05) is 6.42 Å². The van der Waals surface area contributed by atoms with Crippen LogP contribution in [-0.2, 0) is 5.54 Å². The molecule has 3 saturated carbocycles. The summed E-state index contributed by atoms with van der Waals surface area (Å²) in [6, 6.07) is 3.81. The van der Waals surface area contributed by atoms with Crippen LogP contribution in [0.2, 0.25) is 0 Å². The Kier molecular flexibility index (Phi) is 2.36. The molecule has 3 heteroatoms. The van der Waals surface area contributed by atoms with Crippen LogP contribution >= 0.6 is 0 Å². The molecule has 5 atom stereocenters. The van der Waals surface area contributed by atoms with E-state index < -0.39 is 17.2 Å². The summed E-state index contributed by atoms with van der Waals surface area (Å²) in [6.07, 6.45) is 5.95. The van der Waals surface area contributed by atoms with Gasteiger partial charge in [0, 0.05) is 11.6 Å². The molecule has 1 aromatic carbocycles. The molecule has 0 spiro atoms. The number of hydrogen-bond acceptors (Lipinski definition) is 1. The molecule has 1 aromatic rings. The monoisotopic (exact) mass is 263 g/mol. The topological polar surface area (TPSA) is 26.0 Å². The molecule has 3 aliphatic rings. The number of nitrogens with two attached hydrogens (primary N) is 1. The molecule has 2 bridgehead atoms. The molecule has 5 unspecified atom stereocenters. The largest absolute Gasteiger partial charge is 0.321 e. The first-order valence-corrected chi connectivity index (χ1v) is 7.33. The van der Waals surface area contributed by atoms with Crippen LogP contribution in [0.25, 0.3) is 0 Å². The lowest BCUT2D eigenvalue weighted by Crippen LogP contribution is -2.46. The van der Waals surface area contributed by atoms with Crippen LogP contribution < -0.4 is 5.73 Å². The maximum absolute atomic E-state index is 13.5.